The van der Waals surface area contributed by atoms with E-state index in [1.54, 1.807) is 12.4 Å². The Morgan fingerprint density at radius 2 is 2.24 bits per heavy atom. The van der Waals surface area contributed by atoms with E-state index in [0.717, 1.165) is 5.52 Å². The van der Waals surface area contributed by atoms with Gasteiger partial charge in [-0.1, -0.05) is 0 Å². The van der Waals surface area contributed by atoms with Crippen molar-refractivity contribution in [2.75, 3.05) is 0 Å². The molecule has 1 aromatic carbocycles. The molecule has 2 aromatic rings. The van der Waals surface area contributed by atoms with Crippen LogP contribution in [0.3, 0.4) is 0 Å². The topological polar surface area (TPSA) is 55.1 Å². The van der Waals surface area contributed by atoms with Crippen LogP contribution in [-0.4, -0.2) is 20.6 Å². The van der Waals surface area contributed by atoms with Gasteiger partial charge in [-0.05, 0) is 25.0 Å². The maximum atomic E-state index is 13.0. The molecule has 1 aromatic heterocycles. The summed E-state index contributed by atoms with van der Waals surface area (Å²) in [7, 11) is 0. The maximum absolute atomic E-state index is 13.0. The van der Waals surface area contributed by atoms with Gasteiger partial charge in [-0.3, -0.25) is 4.79 Å². The first-order chi connectivity index (χ1) is 8.15. The molecule has 0 amide bonds. The predicted octanol–water partition coefficient (Wildman–Crippen LogP) is 2.21. The number of rotatable bonds is 2. The molecular weight excluding hydrogens is 223 g/mol. The van der Waals surface area contributed by atoms with Crippen molar-refractivity contribution in [2.24, 2.45) is 5.92 Å². The third-order valence-electron chi connectivity index (χ3n) is 3.39. The fraction of sp³-hybridized carbons (Fsp3) is 0.333. The lowest BCUT2D eigenvalue weighted by atomic mass is 9.80. The number of benzene rings is 1. The van der Waals surface area contributed by atoms with Gasteiger partial charge in [0.05, 0.1) is 23.3 Å². The number of nitrogens with zero attached hydrogens (tertiary/aromatic N) is 2. The molecule has 0 aliphatic heterocycles. The molecule has 4 nitrogen and oxygen atoms in total. The zero-order chi connectivity index (χ0) is 12.0. The molecule has 0 atom stereocenters. The predicted molar refractivity (Wildman–Crippen MR) is 59.1 cm³/mol. The van der Waals surface area contributed by atoms with Crippen molar-refractivity contribution in [3.8, 4) is 0 Å². The summed E-state index contributed by atoms with van der Waals surface area (Å²) < 4.78 is 14.9. The van der Waals surface area contributed by atoms with Gasteiger partial charge in [0, 0.05) is 12.1 Å². The van der Waals surface area contributed by atoms with E-state index in [1.807, 2.05) is 4.57 Å². The van der Waals surface area contributed by atoms with Gasteiger partial charge in [0.15, 0.2) is 0 Å². The van der Waals surface area contributed by atoms with Crippen LogP contribution in [0.25, 0.3) is 11.0 Å². The zero-order valence-electron chi connectivity index (χ0n) is 9.01. The van der Waals surface area contributed by atoms with E-state index in [4.69, 9.17) is 5.11 Å². The van der Waals surface area contributed by atoms with Crippen LogP contribution in [0, 0.1) is 11.7 Å². The molecule has 0 unspecified atom stereocenters. The molecule has 0 radical (unpaired) electrons. The van der Waals surface area contributed by atoms with E-state index in [9.17, 15) is 9.18 Å². The van der Waals surface area contributed by atoms with E-state index in [2.05, 4.69) is 4.98 Å². The lowest BCUT2D eigenvalue weighted by molar-refractivity contribution is -0.145. The van der Waals surface area contributed by atoms with Gasteiger partial charge in [-0.15, -0.1) is 0 Å². The number of halogens is 1. The van der Waals surface area contributed by atoms with Crippen LogP contribution in [0.1, 0.15) is 18.9 Å². The summed E-state index contributed by atoms with van der Waals surface area (Å²) in [4.78, 5) is 14.9. The molecule has 1 aliphatic carbocycles. The number of carbonyl (C=O) groups is 1. The second kappa shape index (κ2) is 3.55. The third kappa shape index (κ3) is 1.58. The van der Waals surface area contributed by atoms with Crippen molar-refractivity contribution >= 4 is 17.0 Å². The molecule has 1 saturated carbocycles. The van der Waals surface area contributed by atoms with Crippen LogP contribution in [0.5, 0.6) is 0 Å². The average molecular weight is 234 g/mol. The van der Waals surface area contributed by atoms with Crippen LogP contribution >= 0.6 is 0 Å². The first-order valence-electron chi connectivity index (χ1n) is 5.50. The van der Waals surface area contributed by atoms with Gasteiger partial charge in [0.25, 0.3) is 0 Å². The number of hydrogen-bond acceptors (Lipinski definition) is 2. The highest BCUT2D eigenvalue weighted by molar-refractivity contribution is 5.76. The van der Waals surface area contributed by atoms with Crippen LogP contribution in [0.15, 0.2) is 24.5 Å². The molecule has 0 bridgehead atoms. The van der Waals surface area contributed by atoms with Crippen molar-refractivity contribution < 1.29 is 14.3 Å². The van der Waals surface area contributed by atoms with E-state index in [-0.39, 0.29) is 17.8 Å². The van der Waals surface area contributed by atoms with Gasteiger partial charge in [-0.2, -0.15) is 0 Å². The molecule has 3 rings (SSSR count). The summed E-state index contributed by atoms with van der Waals surface area (Å²) in [5.74, 6) is -1.30. The molecule has 5 heteroatoms. The normalized spacial score (nSPS) is 23.6. The molecule has 88 valence electrons. The van der Waals surface area contributed by atoms with E-state index >= 15 is 0 Å². The van der Waals surface area contributed by atoms with Crippen molar-refractivity contribution in [3.05, 3.63) is 30.3 Å². The Morgan fingerprint density at radius 1 is 1.47 bits per heavy atom. The molecule has 0 spiro atoms. The molecule has 1 aliphatic rings. The average Bonchev–Trinajstić information content (AvgIpc) is 2.58. The Kier molecular flexibility index (Phi) is 2.14. The zero-order valence-corrected chi connectivity index (χ0v) is 9.01. The van der Waals surface area contributed by atoms with Crippen molar-refractivity contribution in [1.29, 1.82) is 0 Å². The number of aromatic nitrogens is 2. The highest BCUT2D eigenvalue weighted by Crippen LogP contribution is 2.39. The van der Waals surface area contributed by atoms with Gasteiger partial charge in [0.1, 0.15) is 5.82 Å². The molecule has 17 heavy (non-hydrogen) atoms. The number of fused-ring (bicyclic) bond motifs is 1. The Labute approximate surface area is 96.7 Å². The minimum atomic E-state index is -0.739. The van der Waals surface area contributed by atoms with E-state index in [1.165, 1.54) is 12.1 Å². The summed E-state index contributed by atoms with van der Waals surface area (Å²) in [5.41, 5.74) is 1.48. The summed E-state index contributed by atoms with van der Waals surface area (Å²) in [6.45, 7) is 0. The Morgan fingerprint density at radius 3 is 2.94 bits per heavy atom. The number of carboxylic acids is 1. The van der Waals surface area contributed by atoms with E-state index in [0.29, 0.717) is 18.4 Å². The van der Waals surface area contributed by atoms with Crippen molar-refractivity contribution in [1.82, 2.24) is 9.55 Å². The van der Waals surface area contributed by atoms with E-state index < -0.39 is 5.97 Å². The quantitative estimate of drug-likeness (QED) is 0.866. The maximum Gasteiger partial charge on any atom is 0.306 e. The molecule has 1 fully saturated rings. The summed E-state index contributed by atoms with van der Waals surface area (Å²) in [6.07, 6.45) is 2.91. The highest BCUT2D eigenvalue weighted by atomic mass is 19.1. The number of hydrogen-bond donors (Lipinski definition) is 1. The number of aliphatic carboxylic acids is 1. The monoisotopic (exact) mass is 234 g/mol. The van der Waals surface area contributed by atoms with Crippen molar-refractivity contribution in [2.45, 2.75) is 18.9 Å². The van der Waals surface area contributed by atoms with Crippen LogP contribution in [0.2, 0.25) is 0 Å². The fourth-order valence-corrected chi connectivity index (χ4v) is 2.31. The lowest BCUT2D eigenvalue weighted by Crippen LogP contribution is -2.31. The smallest absolute Gasteiger partial charge is 0.306 e. The fourth-order valence-electron chi connectivity index (χ4n) is 2.31. The Hall–Kier alpha value is -1.91. The minimum absolute atomic E-state index is 0.173. The van der Waals surface area contributed by atoms with Crippen LogP contribution < -0.4 is 0 Å². The molecular formula is C12H11FN2O2. The Bertz CT molecular complexity index is 587. The Balaban J connectivity index is 1.90. The highest BCUT2D eigenvalue weighted by Gasteiger charge is 2.35. The van der Waals surface area contributed by atoms with Crippen LogP contribution in [0.4, 0.5) is 4.39 Å². The van der Waals surface area contributed by atoms with Crippen LogP contribution in [-0.2, 0) is 4.79 Å². The third-order valence-corrected chi connectivity index (χ3v) is 3.39. The standard InChI is InChI=1S/C12H11FN2O2/c13-8-1-2-11-10(5-8)14-6-15(11)9-3-7(4-9)12(16)17/h1-2,5-7,9H,3-4H2,(H,16,17)/t7-,9+. The number of imidazole rings is 1. The second-order valence-corrected chi connectivity index (χ2v) is 4.45. The van der Waals surface area contributed by atoms with Crippen molar-refractivity contribution in [3.63, 3.8) is 0 Å². The molecule has 1 N–H and O–H groups in total. The van der Waals surface area contributed by atoms with Gasteiger partial charge < -0.3 is 9.67 Å². The lowest BCUT2D eigenvalue weighted by Gasteiger charge is -2.33. The SMILES string of the molecule is O=C(O)[C@H]1C[C@@H](n2cnc3cc(F)ccc32)C1. The minimum Gasteiger partial charge on any atom is -0.481 e. The van der Waals surface area contributed by atoms with Gasteiger partial charge >= 0.3 is 5.97 Å². The first-order valence-corrected chi connectivity index (χ1v) is 5.50. The summed E-state index contributed by atoms with van der Waals surface area (Å²) >= 11 is 0. The summed E-state index contributed by atoms with van der Waals surface area (Å²) in [5, 5.41) is 8.82. The first kappa shape index (κ1) is 10.3. The molecule has 0 saturated heterocycles. The largest absolute Gasteiger partial charge is 0.481 e. The molecule has 1 heterocycles. The number of carboxylic acid groups (broad SMARTS) is 1. The second-order valence-electron chi connectivity index (χ2n) is 4.45. The summed E-state index contributed by atoms with van der Waals surface area (Å²) in [6, 6.07) is 4.64. The van der Waals surface area contributed by atoms with Gasteiger partial charge in [-0.25, -0.2) is 9.37 Å². The van der Waals surface area contributed by atoms with Gasteiger partial charge in [0.2, 0.25) is 0 Å².